The van der Waals surface area contributed by atoms with E-state index in [0.29, 0.717) is 11.3 Å². The lowest BCUT2D eigenvalue weighted by Crippen LogP contribution is -2.09. The Balaban J connectivity index is 2.27. The Hall–Kier alpha value is -1.12. The maximum atomic E-state index is 4.71. The van der Waals surface area contributed by atoms with Crippen molar-refractivity contribution < 1.29 is 0 Å². The van der Waals surface area contributed by atoms with Crippen LogP contribution in [0.25, 0.3) is 0 Å². The molecule has 3 heteroatoms. The van der Waals surface area contributed by atoms with Gasteiger partial charge in [0, 0.05) is 23.7 Å². The van der Waals surface area contributed by atoms with Gasteiger partial charge in [-0.15, -0.1) is 0 Å². The summed E-state index contributed by atoms with van der Waals surface area (Å²) in [5, 5.41) is 3.40. The van der Waals surface area contributed by atoms with Gasteiger partial charge in [0.2, 0.25) is 0 Å². The van der Waals surface area contributed by atoms with E-state index in [0.717, 1.165) is 30.3 Å². The van der Waals surface area contributed by atoms with E-state index < -0.39 is 0 Å². The molecule has 1 heterocycles. The van der Waals surface area contributed by atoms with E-state index in [-0.39, 0.29) is 0 Å². The van der Waals surface area contributed by atoms with Crippen LogP contribution < -0.4 is 5.32 Å². The second-order valence-electron chi connectivity index (χ2n) is 5.81. The second kappa shape index (κ2) is 4.28. The molecule has 0 aromatic carbocycles. The fraction of sp³-hybridized carbons (Fsp3) is 0.714. The van der Waals surface area contributed by atoms with Crippen LogP contribution in [0.4, 0.5) is 5.82 Å². The van der Waals surface area contributed by atoms with Crippen molar-refractivity contribution in [1.82, 2.24) is 9.97 Å². The molecule has 94 valence electrons. The molecule has 1 unspecified atom stereocenters. The zero-order chi connectivity index (χ0) is 12.6. The van der Waals surface area contributed by atoms with Crippen LogP contribution >= 0.6 is 0 Å². The maximum Gasteiger partial charge on any atom is 0.134 e. The predicted octanol–water partition coefficient (Wildman–Crippen LogP) is 3.43. The van der Waals surface area contributed by atoms with Gasteiger partial charge in [0.15, 0.2) is 0 Å². The summed E-state index contributed by atoms with van der Waals surface area (Å²) in [6.45, 7) is 11.9. The third-order valence-electron chi connectivity index (χ3n) is 3.77. The molecule has 0 radical (unpaired) electrons. The molecule has 1 aromatic rings. The molecular weight excluding hydrogens is 210 g/mol. The minimum atomic E-state index is 0.393. The van der Waals surface area contributed by atoms with Gasteiger partial charge in [0.05, 0.1) is 0 Å². The number of rotatable bonds is 4. The van der Waals surface area contributed by atoms with Crippen molar-refractivity contribution in [1.29, 1.82) is 0 Å². The SMILES string of the molecule is CCCNc1nc(C2CC2(C)C)nc(C)c1C. The molecule has 0 aliphatic heterocycles. The Labute approximate surface area is 104 Å². The second-order valence-corrected chi connectivity index (χ2v) is 5.81. The summed E-state index contributed by atoms with van der Waals surface area (Å²) < 4.78 is 0. The lowest BCUT2D eigenvalue weighted by Gasteiger charge is -2.12. The van der Waals surface area contributed by atoms with Gasteiger partial charge in [0.1, 0.15) is 11.6 Å². The Kier molecular flexibility index (Phi) is 3.11. The molecule has 1 aliphatic carbocycles. The zero-order valence-corrected chi connectivity index (χ0v) is 11.6. The molecule has 0 bridgehead atoms. The van der Waals surface area contributed by atoms with Crippen LogP contribution in [0.15, 0.2) is 0 Å². The van der Waals surface area contributed by atoms with Crippen molar-refractivity contribution in [3.63, 3.8) is 0 Å². The number of aromatic nitrogens is 2. The number of aryl methyl sites for hydroxylation is 1. The first kappa shape index (κ1) is 12.3. The van der Waals surface area contributed by atoms with E-state index in [4.69, 9.17) is 4.98 Å². The molecule has 1 aromatic heterocycles. The molecule has 1 atom stereocenters. The van der Waals surface area contributed by atoms with E-state index >= 15 is 0 Å². The van der Waals surface area contributed by atoms with E-state index in [1.54, 1.807) is 0 Å². The fourth-order valence-electron chi connectivity index (χ4n) is 2.13. The van der Waals surface area contributed by atoms with Gasteiger partial charge in [-0.3, -0.25) is 0 Å². The molecule has 17 heavy (non-hydrogen) atoms. The molecule has 2 rings (SSSR count). The van der Waals surface area contributed by atoms with Gasteiger partial charge in [-0.25, -0.2) is 9.97 Å². The molecule has 1 aliphatic rings. The van der Waals surface area contributed by atoms with Gasteiger partial charge in [-0.05, 0) is 32.1 Å². The Morgan fingerprint density at radius 2 is 1.94 bits per heavy atom. The molecule has 0 saturated heterocycles. The van der Waals surface area contributed by atoms with Crippen LogP contribution in [0.5, 0.6) is 0 Å². The Bertz CT molecular complexity index is 424. The molecule has 3 nitrogen and oxygen atoms in total. The highest BCUT2D eigenvalue weighted by Crippen LogP contribution is 2.57. The number of hydrogen-bond acceptors (Lipinski definition) is 3. The highest BCUT2D eigenvalue weighted by atomic mass is 15.0. The predicted molar refractivity (Wildman–Crippen MR) is 71.4 cm³/mol. The van der Waals surface area contributed by atoms with Crippen molar-refractivity contribution in [3.8, 4) is 0 Å². The lowest BCUT2D eigenvalue weighted by atomic mass is 10.1. The minimum absolute atomic E-state index is 0.393. The molecule has 0 spiro atoms. The van der Waals surface area contributed by atoms with Gasteiger partial charge in [-0.2, -0.15) is 0 Å². The molecular formula is C14H23N3. The summed E-state index contributed by atoms with van der Waals surface area (Å²) >= 11 is 0. The summed E-state index contributed by atoms with van der Waals surface area (Å²) in [6, 6.07) is 0. The van der Waals surface area contributed by atoms with E-state index in [1.807, 2.05) is 0 Å². The van der Waals surface area contributed by atoms with Crippen LogP contribution in [0.2, 0.25) is 0 Å². The normalized spacial score (nSPS) is 21.4. The van der Waals surface area contributed by atoms with E-state index in [9.17, 15) is 0 Å². The van der Waals surface area contributed by atoms with Crippen LogP contribution in [-0.4, -0.2) is 16.5 Å². The zero-order valence-electron chi connectivity index (χ0n) is 11.6. The summed E-state index contributed by atoms with van der Waals surface area (Å²) in [4.78, 5) is 9.35. The first-order valence-electron chi connectivity index (χ1n) is 6.54. The number of nitrogens with one attached hydrogen (secondary N) is 1. The van der Waals surface area contributed by atoms with Crippen molar-refractivity contribution in [2.24, 2.45) is 5.41 Å². The van der Waals surface area contributed by atoms with Crippen LogP contribution in [0, 0.1) is 19.3 Å². The van der Waals surface area contributed by atoms with Gasteiger partial charge >= 0.3 is 0 Å². The maximum absolute atomic E-state index is 4.71. The number of anilines is 1. The quantitative estimate of drug-likeness (QED) is 0.865. The molecule has 0 amide bonds. The summed E-state index contributed by atoms with van der Waals surface area (Å²) in [6.07, 6.45) is 2.33. The van der Waals surface area contributed by atoms with Crippen molar-refractivity contribution in [3.05, 3.63) is 17.1 Å². The summed E-state index contributed by atoms with van der Waals surface area (Å²) in [5.74, 6) is 2.60. The van der Waals surface area contributed by atoms with Crippen molar-refractivity contribution >= 4 is 5.82 Å². The Morgan fingerprint density at radius 1 is 1.29 bits per heavy atom. The first-order chi connectivity index (χ1) is 7.95. The topological polar surface area (TPSA) is 37.8 Å². The molecule has 1 fully saturated rings. The third kappa shape index (κ3) is 2.43. The lowest BCUT2D eigenvalue weighted by molar-refractivity contribution is 0.607. The van der Waals surface area contributed by atoms with Gasteiger partial charge < -0.3 is 5.32 Å². The smallest absolute Gasteiger partial charge is 0.134 e. The average Bonchev–Trinajstić information content (AvgIpc) is 2.90. The highest BCUT2D eigenvalue weighted by Gasteiger charge is 2.48. The summed E-state index contributed by atoms with van der Waals surface area (Å²) in [5.41, 5.74) is 2.68. The largest absolute Gasteiger partial charge is 0.370 e. The average molecular weight is 233 g/mol. The standard InChI is InChI=1S/C14H23N3/c1-6-7-15-12-9(2)10(3)16-13(17-12)11-8-14(11,4)5/h11H,6-8H2,1-5H3,(H,15,16,17). The van der Waals surface area contributed by atoms with Crippen LogP contribution in [0.1, 0.15) is 56.6 Å². The van der Waals surface area contributed by atoms with Crippen molar-refractivity contribution in [2.75, 3.05) is 11.9 Å². The van der Waals surface area contributed by atoms with Crippen molar-refractivity contribution in [2.45, 2.75) is 53.4 Å². The fourth-order valence-corrected chi connectivity index (χ4v) is 2.13. The summed E-state index contributed by atoms with van der Waals surface area (Å²) in [7, 11) is 0. The Morgan fingerprint density at radius 3 is 2.47 bits per heavy atom. The van der Waals surface area contributed by atoms with E-state index in [2.05, 4.69) is 44.9 Å². The third-order valence-corrected chi connectivity index (χ3v) is 3.77. The highest BCUT2D eigenvalue weighted by molar-refractivity contribution is 5.46. The van der Waals surface area contributed by atoms with Gasteiger partial charge in [-0.1, -0.05) is 20.8 Å². The van der Waals surface area contributed by atoms with E-state index in [1.165, 1.54) is 12.0 Å². The number of hydrogen-bond donors (Lipinski definition) is 1. The monoisotopic (exact) mass is 233 g/mol. The van der Waals surface area contributed by atoms with Crippen LogP contribution in [0.3, 0.4) is 0 Å². The number of nitrogens with zero attached hydrogens (tertiary/aromatic N) is 2. The molecule has 1 saturated carbocycles. The van der Waals surface area contributed by atoms with Crippen LogP contribution in [-0.2, 0) is 0 Å². The molecule has 1 N–H and O–H groups in total. The minimum Gasteiger partial charge on any atom is -0.370 e. The van der Waals surface area contributed by atoms with Gasteiger partial charge in [0.25, 0.3) is 0 Å². The first-order valence-corrected chi connectivity index (χ1v) is 6.54.